The van der Waals surface area contributed by atoms with E-state index in [0.29, 0.717) is 12.1 Å². The minimum absolute atomic E-state index is 0.338. The first-order valence-corrected chi connectivity index (χ1v) is 8.52. The van der Waals surface area contributed by atoms with Crippen molar-refractivity contribution in [3.8, 4) is 0 Å². The normalized spacial score (nSPS) is 18.9. The Morgan fingerprint density at radius 3 is 2.75 bits per heavy atom. The van der Waals surface area contributed by atoms with E-state index in [1.54, 1.807) is 0 Å². The van der Waals surface area contributed by atoms with Crippen molar-refractivity contribution in [2.45, 2.75) is 31.8 Å². The zero-order valence-corrected chi connectivity index (χ0v) is 14.5. The average Bonchev–Trinajstić information content (AvgIpc) is 2.81. The lowest BCUT2D eigenvalue weighted by Crippen LogP contribution is -2.23. The van der Waals surface area contributed by atoms with E-state index in [1.807, 2.05) is 0 Å². The minimum atomic E-state index is 0.338. The number of fused-ring (bicyclic) bond motifs is 1. The molecule has 1 aliphatic carbocycles. The van der Waals surface area contributed by atoms with Crippen molar-refractivity contribution in [2.24, 2.45) is 0 Å². The van der Waals surface area contributed by atoms with Crippen molar-refractivity contribution < 1.29 is 0 Å². The zero-order chi connectivity index (χ0) is 14.1. The summed E-state index contributed by atoms with van der Waals surface area (Å²) < 4.78 is 2.35. The second kappa shape index (κ2) is 6.00. The van der Waals surface area contributed by atoms with Crippen LogP contribution in [0.4, 0.5) is 0 Å². The third-order valence-electron chi connectivity index (χ3n) is 4.01. The van der Waals surface area contributed by atoms with Crippen molar-refractivity contribution >= 4 is 31.9 Å². The summed E-state index contributed by atoms with van der Waals surface area (Å²) in [6.07, 6.45) is 2.34. The Labute approximate surface area is 137 Å². The lowest BCUT2D eigenvalue weighted by molar-refractivity contribution is 0.464. The summed E-state index contributed by atoms with van der Waals surface area (Å²) in [5.41, 5.74) is 4.24. The van der Waals surface area contributed by atoms with Crippen LogP contribution in [-0.4, -0.2) is 0 Å². The smallest absolute Gasteiger partial charge is 0.0331 e. The van der Waals surface area contributed by atoms with Gasteiger partial charge in [-0.2, -0.15) is 0 Å². The third-order valence-corrected chi connectivity index (χ3v) is 5.22. The molecule has 2 aromatic carbocycles. The second-order valence-corrected chi connectivity index (χ2v) is 7.11. The number of rotatable bonds is 3. The van der Waals surface area contributed by atoms with Gasteiger partial charge in [0, 0.05) is 21.0 Å². The van der Waals surface area contributed by atoms with Gasteiger partial charge in [-0.05, 0) is 54.7 Å². The van der Waals surface area contributed by atoms with E-state index in [2.05, 4.69) is 86.6 Å². The van der Waals surface area contributed by atoms with Gasteiger partial charge in [-0.3, -0.25) is 0 Å². The van der Waals surface area contributed by atoms with Crippen LogP contribution in [0.1, 0.15) is 42.1 Å². The maximum atomic E-state index is 3.77. The minimum Gasteiger partial charge on any atom is -0.303 e. The van der Waals surface area contributed by atoms with Crippen LogP contribution in [0.3, 0.4) is 0 Å². The van der Waals surface area contributed by atoms with Crippen LogP contribution in [0.25, 0.3) is 0 Å². The van der Waals surface area contributed by atoms with Crippen LogP contribution in [0.2, 0.25) is 0 Å². The molecular weight excluding hydrogens is 378 g/mol. The summed E-state index contributed by atoms with van der Waals surface area (Å²) in [6.45, 7) is 2.23. The molecule has 0 bridgehead atoms. The molecule has 20 heavy (non-hydrogen) atoms. The number of aryl methyl sites for hydroxylation is 1. The molecule has 0 aliphatic heterocycles. The molecule has 0 fully saturated rings. The zero-order valence-electron chi connectivity index (χ0n) is 11.4. The van der Waals surface area contributed by atoms with Gasteiger partial charge < -0.3 is 5.32 Å². The predicted molar refractivity (Wildman–Crippen MR) is 90.9 cm³/mol. The standard InChI is InChI=1S/C17H17Br2N/c1-11(14-4-2-3-5-16(14)19)20-17-9-6-12-10-13(18)7-8-15(12)17/h2-5,7-8,10-11,17,20H,6,9H2,1H3. The van der Waals surface area contributed by atoms with Crippen molar-refractivity contribution in [1.82, 2.24) is 5.32 Å². The highest BCUT2D eigenvalue weighted by molar-refractivity contribution is 9.10. The molecule has 1 nitrogen and oxygen atoms in total. The van der Waals surface area contributed by atoms with Gasteiger partial charge in [-0.15, -0.1) is 0 Å². The van der Waals surface area contributed by atoms with E-state index < -0.39 is 0 Å². The topological polar surface area (TPSA) is 12.0 Å². The maximum absolute atomic E-state index is 3.77. The number of nitrogens with one attached hydrogen (secondary N) is 1. The lowest BCUT2D eigenvalue weighted by atomic mass is 10.0. The SMILES string of the molecule is CC(NC1CCc2cc(Br)ccc21)c1ccccc1Br. The van der Waals surface area contributed by atoms with E-state index in [9.17, 15) is 0 Å². The van der Waals surface area contributed by atoms with Crippen LogP contribution < -0.4 is 5.32 Å². The fourth-order valence-electron chi connectivity index (χ4n) is 2.98. The molecule has 104 valence electrons. The van der Waals surface area contributed by atoms with Crippen molar-refractivity contribution in [1.29, 1.82) is 0 Å². The van der Waals surface area contributed by atoms with E-state index in [1.165, 1.54) is 32.1 Å². The first kappa shape index (κ1) is 14.3. The Morgan fingerprint density at radius 1 is 1.15 bits per heavy atom. The van der Waals surface area contributed by atoms with Gasteiger partial charge in [-0.1, -0.05) is 56.1 Å². The van der Waals surface area contributed by atoms with Crippen molar-refractivity contribution in [2.75, 3.05) is 0 Å². The molecule has 0 amide bonds. The maximum Gasteiger partial charge on any atom is 0.0331 e. The molecule has 1 N–H and O–H groups in total. The first-order valence-electron chi connectivity index (χ1n) is 6.94. The molecule has 2 atom stereocenters. The number of hydrogen-bond donors (Lipinski definition) is 1. The highest BCUT2D eigenvalue weighted by Crippen LogP contribution is 2.35. The monoisotopic (exact) mass is 393 g/mol. The van der Waals surface area contributed by atoms with Gasteiger partial charge in [0.05, 0.1) is 0 Å². The molecule has 2 unspecified atom stereocenters. The van der Waals surface area contributed by atoms with Crippen LogP contribution in [0.5, 0.6) is 0 Å². The van der Waals surface area contributed by atoms with Gasteiger partial charge >= 0.3 is 0 Å². The molecule has 0 saturated heterocycles. The van der Waals surface area contributed by atoms with Gasteiger partial charge in [-0.25, -0.2) is 0 Å². The molecule has 2 aromatic rings. The van der Waals surface area contributed by atoms with Crippen molar-refractivity contribution in [3.05, 3.63) is 68.1 Å². The predicted octanol–water partition coefficient (Wildman–Crippen LogP) is 5.55. The molecule has 0 spiro atoms. The number of halogens is 2. The third kappa shape index (κ3) is 2.85. The molecule has 3 rings (SSSR count). The van der Waals surface area contributed by atoms with Gasteiger partial charge in [0.15, 0.2) is 0 Å². The van der Waals surface area contributed by atoms with Gasteiger partial charge in [0.1, 0.15) is 0 Å². The molecule has 0 radical (unpaired) electrons. The van der Waals surface area contributed by atoms with E-state index in [0.717, 1.165) is 6.42 Å². The summed E-state index contributed by atoms with van der Waals surface area (Å²) in [5, 5.41) is 3.77. The summed E-state index contributed by atoms with van der Waals surface area (Å²) in [6, 6.07) is 15.9. The summed E-state index contributed by atoms with van der Waals surface area (Å²) in [4.78, 5) is 0. The number of hydrogen-bond acceptors (Lipinski definition) is 1. The fraction of sp³-hybridized carbons (Fsp3) is 0.294. The van der Waals surface area contributed by atoms with E-state index in [4.69, 9.17) is 0 Å². The van der Waals surface area contributed by atoms with E-state index in [-0.39, 0.29) is 0 Å². The number of benzene rings is 2. The Hall–Kier alpha value is -0.640. The Morgan fingerprint density at radius 2 is 1.95 bits per heavy atom. The molecule has 1 aliphatic rings. The lowest BCUT2D eigenvalue weighted by Gasteiger charge is -2.21. The molecule has 0 aromatic heterocycles. The molecular formula is C17H17Br2N. The van der Waals surface area contributed by atoms with Gasteiger partial charge in [0.2, 0.25) is 0 Å². The van der Waals surface area contributed by atoms with Crippen LogP contribution in [0, 0.1) is 0 Å². The van der Waals surface area contributed by atoms with E-state index >= 15 is 0 Å². The Balaban J connectivity index is 1.79. The highest BCUT2D eigenvalue weighted by atomic mass is 79.9. The van der Waals surface area contributed by atoms with Gasteiger partial charge in [0.25, 0.3) is 0 Å². The van der Waals surface area contributed by atoms with Crippen LogP contribution >= 0.6 is 31.9 Å². The quantitative estimate of drug-likeness (QED) is 0.719. The molecule has 0 saturated carbocycles. The molecule has 3 heteroatoms. The first-order chi connectivity index (χ1) is 9.65. The van der Waals surface area contributed by atoms with Crippen molar-refractivity contribution in [3.63, 3.8) is 0 Å². The van der Waals surface area contributed by atoms with Crippen LogP contribution in [-0.2, 0) is 6.42 Å². The second-order valence-electron chi connectivity index (χ2n) is 5.34. The largest absolute Gasteiger partial charge is 0.303 e. The highest BCUT2D eigenvalue weighted by Gasteiger charge is 2.24. The Kier molecular flexibility index (Phi) is 4.29. The fourth-order valence-corrected chi connectivity index (χ4v) is 4.01. The Bertz CT molecular complexity index is 624. The molecule has 0 heterocycles. The summed E-state index contributed by atoms with van der Waals surface area (Å²) >= 11 is 7.20. The summed E-state index contributed by atoms with van der Waals surface area (Å²) in [7, 11) is 0. The summed E-state index contributed by atoms with van der Waals surface area (Å²) in [5.74, 6) is 0. The average molecular weight is 395 g/mol. The van der Waals surface area contributed by atoms with Crippen LogP contribution in [0.15, 0.2) is 51.4 Å².